The number of hydrogen-bond donors (Lipinski definition) is 2. The predicted molar refractivity (Wildman–Crippen MR) is 62.3 cm³/mol. The molecule has 0 unspecified atom stereocenters. The zero-order chi connectivity index (χ0) is 12.0. The summed E-state index contributed by atoms with van der Waals surface area (Å²) < 4.78 is 5.75. The molecule has 0 aliphatic carbocycles. The minimum atomic E-state index is -1.01. The molecule has 0 radical (unpaired) electrons. The van der Waals surface area contributed by atoms with E-state index in [1.54, 1.807) is 17.5 Å². The van der Waals surface area contributed by atoms with Crippen LogP contribution in [0.15, 0.2) is 18.5 Å². The number of carboxylic acids is 1. The number of H-pyrrole nitrogens is 1. The van der Waals surface area contributed by atoms with Gasteiger partial charge in [0.15, 0.2) is 5.69 Å². The molecular weight excluding hydrogens is 240 g/mol. The maximum Gasteiger partial charge on any atom is 0.356 e. The third kappa shape index (κ3) is 1.43. The number of aryl methyl sites for hydroxylation is 1. The summed E-state index contributed by atoms with van der Waals surface area (Å²) in [6, 6.07) is 1.89. The smallest absolute Gasteiger partial charge is 0.356 e. The third-order valence-corrected chi connectivity index (χ3v) is 3.34. The first-order valence-corrected chi connectivity index (χ1v) is 5.66. The molecular formula is C10H8N4O2S. The molecule has 0 fully saturated rings. The van der Waals surface area contributed by atoms with Gasteiger partial charge in [0, 0.05) is 12.4 Å². The minimum absolute atomic E-state index is 0.0760. The Kier molecular flexibility index (Phi) is 2.02. The van der Waals surface area contributed by atoms with Crippen LogP contribution in [0, 0.1) is 6.92 Å². The molecule has 17 heavy (non-hydrogen) atoms. The normalized spacial score (nSPS) is 11.1. The lowest BCUT2D eigenvalue weighted by molar-refractivity contribution is 0.0690. The Hall–Kier alpha value is -2.15. The second-order valence-electron chi connectivity index (χ2n) is 3.59. The van der Waals surface area contributed by atoms with Crippen molar-refractivity contribution in [3.63, 3.8) is 0 Å². The lowest BCUT2D eigenvalue weighted by atomic mass is 10.3. The van der Waals surface area contributed by atoms with Gasteiger partial charge in [-0.05, 0) is 24.5 Å². The SMILES string of the molecule is Cc1c(C(=O)O)nc2[nH]c(-c3ccns3)cn12. The minimum Gasteiger partial charge on any atom is -0.476 e. The number of rotatable bonds is 2. The summed E-state index contributed by atoms with van der Waals surface area (Å²) in [7, 11) is 0. The van der Waals surface area contributed by atoms with Gasteiger partial charge in [-0.2, -0.15) is 0 Å². The molecule has 0 aliphatic rings. The Labute approximate surface area is 99.7 Å². The molecule has 0 aliphatic heterocycles. The number of nitrogens with one attached hydrogen (secondary N) is 1. The van der Waals surface area contributed by atoms with Crippen LogP contribution in [0.3, 0.4) is 0 Å². The Balaban J connectivity index is 2.19. The molecule has 0 saturated carbocycles. The predicted octanol–water partition coefficient (Wildman–Crippen LogP) is 1.79. The van der Waals surface area contributed by atoms with Crippen molar-refractivity contribution in [3.8, 4) is 10.6 Å². The second-order valence-corrected chi connectivity index (χ2v) is 4.42. The highest BCUT2D eigenvalue weighted by Crippen LogP contribution is 2.23. The van der Waals surface area contributed by atoms with E-state index in [1.807, 2.05) is 12.3 Å². The van der Waals surface area contributed by atoms with E-state index in [9.17, 15) is 4.79 Å². The zero-order valence-electron chi connectivity index (χ0n) is 8.84. The molecule has 0 bridgehead atoms. The van der Waals surface area contributed by atoms with Gasteiger partial charge in [0.1, 0.15) is 0 Å². The molecule has 2 N–H and O–H groups in total. The van der Waals surface area contributed by atoms with E-state index in [1.165, 1.54) is 11.5 Å². The number of nitrogens with zero attached hydrogens (tertiary/aromatic N) is 3. The van der Waals surface area contributed by atoms with Crippen molar-refractivity contribution in [1.29, 1.82) is 0 Å². The molecule has 3 aromatic rings. The number of carbonyl (C=O) groups is 1. The van der Waals surface area contributed by atoms with Crippen molar-refractivity contribution in [3.05, 3.63) is 29.8 Å². The summed E-state index contributed by atoms with van der Waals surface area (Å²) in [5, 5.41) is 8.94. The molecule has 3 aromatic heterocycles. The fourth-order valence-corrected chi connectivity index (χ4v) is 2.28. The number of carboxylic acid groups (broad SMARTS) is 1. The van der Waals surface area contributed by atoms with Crippen LogP contribution in [-0.2, 0) is 0 Å². The molecule has 0 amide bonds. The fourth-order valence-electron chi connectivity index (χ4n) is 1.72. The molecule has 3 heterocycles. The van der Waals surface area contributed by atoms with Gasteiger partial charge in [0.25, 0.3) is 0 Å². The highest BCUT2D eigenvalue weighted by Gasteiger charge is 2.17. The molecule has 6 nitrogen and oxygen atoms in total. The van der Waals surface area contributed by atoms with E-state index >= 15 is 0 Å². The third-order valence-electron chi connectivity index (χ3n) is 2.56. The number of aromatic nitrogens is 4. The number of imidazole rings is 2. The lowest BCUT2D eigenvalue weighted by Gasteiger charge is -1.91. The Morgan fingerprint density at radius 2 is 2.41 bits per heavy atom. The first-order chi connectivity index (χ1) is 8.16. The van der Waals surface area contributed by atoms with Gasteiger partial charge in [-0.25, -0.2) is 14.2 Å². The summed E-state index contributed by atoms with van der Waals surface area (Å²) in [6.07, 6.45) is 3.55. The Bertz CT molecular complexity index is 695. The standard InChI is InChI=1S/C10H8N4O2S/c1-5-8(9(15)16)13-10-12-6(4-14(5)10)7-2-3-11-17-7/h2-4H,1H3,(H,12,13)(H,15,16). The van der Waals surface area contributed by atoms with Crippen molar-refractivity contribution in [2.75, 3.05) is 0 Å². The highest BCUT2D eigenvalue weighted by molar-refractivity contribution is 7.09. The van der Waals surface area contributed by atoms with Gasteiger partial charge in [0.05, 0.1) is 16.3 Å². The molecule has 0 saturated heterocycles. The molecule has 3 rings (SSSR count). The van der Waals surface area contributed by atoms with Crippen LogP contribution in [0.4, 0.5) is 0 Å². The monoisotopic (exact) mass is 248 g/mol. The Morgan fingerprint density at radius 1 is 1.59 bits per heavy atom. The molecule has 0 atom stereocenters. The topological polar surface area (TPSA) is 83.3 Å². The summed E-state index contributed by atoms with van der Waals surface area (Å²) in [4.78, 5) is 19.0. The average Bonchev–Trinajstić information content (AvgIpc) is 2.94. The van der Waals surface area contributed by atoms with Crippen LogP contribution >= 0.6 is 11.5 Å². The van der Waals surface area contributed by atoms with Gasteiger partial charge in [0.2, 0.25) is 5.78 Å². The van der Waals surface area contributed by atoms with Crippen LogP contribution in [0.1, 0.15) is 16.2 Å². The summed E-state index contributed by atoms with van der Waals surface area (Å²) in [5.41, 5.74) is 1.57. The highest BCUT2D eigenvalue weighted by atomic mass is 32.1. The first kappa shape index (κ1) is 10.0. The van der Waals surface area contributed by atoms with Gasteiger partial charge in [-0.15, -0.1) is 0 Å². The molecule has 7 heteroatoms. The van der Waals surface area contributed by atoms with Crippen LogP contribution < -0.4 is 0 Å². The molecule has 86 valence electrons. The van der Waals surface area contributed by atoms with Crippen molar-refractivity contribution in [2.24, 2.45) is 0 Å². The van der Waals surface area contributed by atoms with E-state index < -0.39 is 5.97 Å². The van der Waals surface area contributed by atoms with Crippen LogP contribution in [-0.4, -0.2) is 29.8 Å². The largest absolute Gasteiger partial charge is 0.476 e. The number of fused-ring (bicyclic) bond motifs is 1. The van der Waals surface area contributed by atoms with Crippen LogP contribution in [0.5, 0.6) is 0 Å². The van der Waals surface area contributed by atoms with Crippen LogP contribution in [0.25, 0.3) is 16.3 Å². The van der Waals surface area contributed by atoms with Gasteiger partial charge in [-0.3, -0.25) is 4.40 Å². The van der Waals surface area contributed by atoms with Crippen molar-refractivity contribution in [1.82, 2.24) is 18.7 Å². The molecule has 0 spiro atoms. The van der Waals surface area contributed by atoms with E-state index in [0.29, 0.717) is 11.5 Å². The summed E-state index contributed by atoms with van der Waals surface area (Å²) in [5.74, 6) is -0.484. The number of aromatic amines is 1. The maximum atomic E-state index is 10.9. The lowest BCUT2D eigenvalue weighted by Crippen LogP contribution is -1.99. The first-order valence-electron chi connectivity index (χ1n) is 4.89. The van der Waals surface area contributed by atoms with Gasteiger partial charge >= 0.3 is 5.97 Å². The quantitative estimate of drug-likeness (QED) is 0.724. The van der Waals surface area contributed by atoms with E-state index in [0.717, 1.165) is 10.6 Å². The van der Waals surface area contributed by atoms with E-state index in [4.69, 9.17) is 5.11 Å². The van der Waals surface area contributed by atoms with Crippen LogP contribution in [0.2, 0.25) is 0 Å². The van der Waals surface area contributed by atoms with Crippen molar-refractivity contribution < 1.29 is 9.90 Å². The second kappa shape index (κ2) is 3.42. The maximum absolute atomic E-state index is 10.9. The number of aromatic carboxylic acids is 1. The van der Waals surface area contributed by atoms with Gasteiger partial charge < -0.3 is 10.1 Å². The summed E-state index contributed by atoms with van der Waals surface area (Å²) >= 11 is 1.37. The molecule has 0 aromatic carbocycles. The van der Waals surface area contributed by atoms with Crippen molar-refractivity contribution in [2.45, 2.75) is 6.92 Å². The zero-order valence-corrected chi connectivity index (χ0v) is 9.65. The van der Waals surface area contributed by atoms with Gasteiger partial charge in [-0.1, -0.05) is 0 Å². The van der Waals surface area contributed by atoms with E-state index in [2.05, 4.69) is 14.3 Å². The summed E-state index contributed by atoms with van der Waals surface area (Å²) in [6.45, 7) is 1.73. The van der Waals surface area contributed by atoms with Crippen molar-refractivity contribution >= 4 is 23.3 Å². The Morgan fingerprint density at radius 3 is 3.00 bits per heavy atom. The fraction of sp³-hybridized carbons (Fsp3) is 0.100. The number of hydrogen-bond acceptors (Lipinski definition) is 4. The van der Waals surface area contributed by atoms with E-state index in [-0.39, 0.29) is 5.69 Å². The average molecular weight is 248 g/mol.